The Balaban J connectivity index is 1.06. The van der Waals surface area contributed by atoms with E-state index >= 15 is 0 Å². The summed E-state index contributed by atoms with van der Waals surface area (Å²) in [5.74, 6) is 0. The van der Waals surface area contributed by atoms with E-state index in [1.165, 1.54) is 126 Å². The third-order valence-electron chi connectivity index (χ3n) is 15.8. The topological polar surface area (TPSA) is 3.24 Å². The van der Waals surface area contributed by atoms with Crippen LogP contribution in [0.1, 0.15) is 85.0 Å². The van der Waals surface area contributed by atoms with Crippen LogP contribution in [0.3, 0.4) is 0 Å². The van der Waals surface area contributed by atoms with Crippen LogP contribution < -0.4 is 4.90 Å². The van der Waals surface area contributed by atoms with E-state index in [4.69, 9.17) is 0 Å². The molecule has 0 saturated heterocycles. The highest BCUT2D eigenvalue weighted by Gasteiger charge is 2.53. The molecule has 1 heterocycles. The Morgan fingerprint density at radius 2 is 1.06 bits per heavy atom. The van der Waals surface area contributed by atoms with Crippen molar-refractivity contribution in [3.8, 4) is 33.4 Å². The minimum atomic E-state index is -0.472. The Kier molecular flexibility index (Phi) is 6.96. The third-order valence-corrected chi connectivity index (χ3v) is 17.0. The molecule has 2 heteroatoms. The normalized spacial score (nSPS) is 18.5. The molecule has 0 fully saturated rings. The minimum Gasteiger partial charge on any atom is -0.310 e. The Hall–Kier alpha value is -6.74. The molecule has 0 bridgehead atoms. The van der Waals surface area contributed by atoms with E-state index in [0.29, 0.717) is 0 Å². The fraction of sp³-hybridized carbons (Fsp3) is 0.148. The van der Waals surface area contributed by atoms with E-state index in [-0.39, 0.29) is 10.8 Å². The van der Waals surface area contributed by atoms with E-state index in [1.807, 2.05) is 11.3 Å². The van der Waals surface area contributed by atoms with E-state index < -0.39 is 5.41 Å². The van der Waals surface area contributed by atoms with Crippen LogP contribution in [0.2, 0.25) is 0 Å². The molecule has 0 saturated carbocycles. The van der Waals surface area contributed by atoms with Gasteiger partial charge in [-0.1, -0.05) is 167 Å². The molecule has 0 aliphatic heterocycles. The zero-order chi connectivity index (χ0) is 42.0. The molecule has 0 amide bonds. The summed E-state index contributed by atoms with van der Waals surface area (Å²) >= 11 is 1.94. The first-order valence-corrected chi connectivity index (χ1v) is 23.5. The second-order valence-corrected chi connectivity index (χ2v) is 20.5. The highest BCUT2D eigenvalue weighted by atomic mass is 32.1. The molecule has 300 valence electrons. The number of thiophene rings is 1. The average Bonchev–Trinajstić information content (AvgIpc) is 4.06. The minimum absolute atomic E-state index is 0.0880. The first kappa shape index (κ1) is 35.8. The van der Waals surface area contributed by atoms with Gasteiger partial charge in [-0.15, -0.1) is 11.3 Å². The van der Waals surface area contributed by atoms with E-state index in [2.05, 4.69) is 209 Å². The first-order chi connectivity index (χ1) is 30.8. The van der Waals surface area contributed by atoms with Gasteiger partial charge in [-0.2, -0.15) is 0 Å². The summed E-state index contributed by atoms with van der Waals surface area (Å²) in [6.45, 7) is 9.65. The van der Waals surface area contributed by atoms with Crippen LogP contribution in [-0.4, -0.2) is 0 Å². The van der Waals surface area contributed by atoms with Gasteiger partial charge in [0.2, 0.25) is 0 Å². The van der Waals surface area contributed by atoms with Crippen LogP contribution in [0.25, 0.3) is 59.1 Å². The molecular weight excluding hydrogens is 779 g/mol. The lowest BCUT2D eigenvalue weighted by molar-refractivity contribution is 0.651. The fourth-order valence-electron chi connectivity index (χ4n) is 13.0. The average molecular weight is 824 g/mol. The van der Waals surface area contributed by atoms with E-state index in [1.54, 1.807) is 0 Å². The van der Waals surface area contributed by atoms with E-state index in [0.717, 1.165) is 12.8 Å². The van der Waals surface area contributed by atoms with Crippen LogP contribution >= 0.6 is 11.3 Å². The van der Waals surface area contributed by atoms with Gasteiger partial charge in [0.05, 0.1) is 11.1 Å². The van der Waals surface area contributed by atoms with Crippen molar-refractivity contribution in [1.29, 1.82) is 0 Å². The molecule has 1 unspecified atom stereocenters. The molecule has 63 heavy (non-hydrogen) atoms. The summed E-state index contributed by atoms with van der Waals surface area (Å²) in [5.41, 5.74) is 25.1. The number of hydrogen-bond acceptors (Lipinski definition) is 2. The second-order valence-electron chi connectivity index (χ2n) is 19.4. The van der Waals surface area contributed by atoms with Gasteiger partial charge >= 0.3 is 0 Å². The van der Waals surface area contributed by atoms with Gasteiger partial charge in [0.1, 0.15) is 0 Å². The highest BCUT2D eigenvalue weighted by Crippen LogP contribution is 2.66. The van der Waals surface area contributed by atoms with Crippen LogP contribution in [-0.2, 0) is 16.2 Å². The maximum absolute atomic E-state index is 2.61. The lowest BCUT2D eigenvalue weighted by Crippen LogP contribution is -2.26. The van der Waals surface area contributed by atoms with Crippen molar-refractivity contribution in [3.63, 3.8) is 0 Å². The molecule has 1 nitrogen and oxygen atoms in total. The number of benzene rings is 8. The molecule has 1 aromatic heterocycles. The van der Waals surface area contributed by atoms with Crippen molar-refractivity contribution in [2.45, 2.75) is 56.8 Å². The molecule has 0 radical (unpaired) electrons. The van der Waals surface area contributed by atoms with Crippen molar-refractivity contribution in [2.24, 2.45) is 0 Å². The largest absolute Gasteiger partial charge is 0.310 e. The number of anilines is 3. The maximum atomic E-state index is 2.61. The van der Waals surface area contributed by atoms with Crippen LogP contribution in [0.15, 0.2) is 182 Å². The second kappa shape index (κ2) is 12.2. The van der Waals surface area contributed by atoms with Crippen molar-refractivity contribution < 1.29 is 0 Å². The van der Waals surface area contributed by atoms with Crippen LogP contribution in [0.4, 0.5) is 17.1 Å². The predicted molar refractivity (Wildman–Crippen MR) is 266 cm³/mol. The van der Waals surface area contributed by atoms with Gasteiger partial charge in [-0.25, -0.2) is 0 Å². The maximum Gasteiger partial charge on any atom is 0.0726 e. The molecule has 1 spiro atoms. The monoisotopic (exact) mass is 823 g/mol. The number of fused-ring (bicyclic) bond motifs is 19. The number of rotatable bonds is 3. The van der Waals surface area contributed by atoms with Crippen LogP contribution in [0, 0.1) is 0 Å². The summed E-state index contributed by atoms with van der Waals surface area (Å²) in [5, 5.41) is 2.69. The fourth-order valence-corrected chi connectivity index (χ4v) is 14.3. The predicted octanol–water partition coefficient (Wildman–Crippen LogP) is 16.6. The molecule has 1 atom stereocenters. The van der Waals surface area contributed by atoms with Crippen LogP contribution in [0.5, 0.6) is 0 Å². The SMILES string of the molecule is CC1(C)C2=C(CCC=C2)c2ccc(N(c3ccc4c(c3)C(C)(C)c3ccccc3-4)c3cccc4c3-c3ccccc3C43c4ccccc4-c4c3ccc3c4sc4ccccc43)cc21. The van der Waals surface area contributed by atoms with Crippen molar-refractivity contribution in [1.82, 2.24) is 0 Å². The molecule has 8 aromatic carbocycles. The van der Waals surface area contributed by atoms with Crippen molar-refractivity contribution >= 4 is 54.1 Å². The Labute approximate surface area is 373 Å². The zero-order valence-corrected chi connectivity index (χ0v) is 36.8. The first-order valence-electron chi connectivity index (χ1n) is 22.7. The summed E-state index contributed by atoms with van der Waals surface area (Å²) in [6, 6.07) is 63.2. The smallest absolute Gasteiger partial charge is 0.0726 e. The van der Waals surface area contributed by atoms with Crippen molar-refractivity contribution in [2.75, 3.05) is 4.90 Å². The molecule has 5 aliphatic rings. The molecule has 0 N–H and O–H groups in total. The van der Waals surface area contributed by atoms with Gasteiger partial charge in [0, 0.05) is 53.5 Å². The standard InChI is InChI=1S/C61H45NS/c1-59(2)46-21-10-5-16-38(46)40-30-28-36(34-52(40)59)62(37-29-31-41-39-17-6-11-22-47(39)60(3,4)53(41)35-37)54-26-15-25-50-56(54)44-19-7-12-23-48(44)61(50)49-24-13-8-20-45(49)57-51(61)33-32-43-42-18-9-14-27-55(42)63-58(43)57/h5,7-16,18-35H,6,17H2,1-4H3. The number of nitrogens with zero attached hydrogens (tertiary/aromatic N) is 1. The van der Waals surface area contributed by atoms with Gasteiger partial charge in [0.25, 0.3) is 0 Å². The van der Waals surface area contributed by atoms with Crippen molar-refractivity contribution in [3.05, 3.63) is 226 Å². The summed E-state index contributed by atoms with van der Waals surface area (Å²) in [6.07, 6.45) is 6.98. The lowest BCUT2D eigenvalue weighted by atomic mass is 9.70. The molecule has 9 aromatic rings. The number of allylic oxidation sites excluding steroid dienone is 4. The van der Waals surface area contributed by atoms with Gasteiger partial charge < -0.3 is 4.90 Å². The quantitative estimate of drug-likeness (QED) is 0.172. The van der Waals surface area contributed by atoms with Gasteiger partial charge in [0.15, 0.2) is 0 Å². The summed E-state index contributed by atoms with van der Waals surface area (Å²) in [4.78, 5) is 2.61. The zero-order valence-electron chi connectivity index (χ0n) is 36.0. The molecule has 14 rings (SSSR count). The van der Waals surface area contributed by atoms with Gasteiger partial charge in [-0.3, -0.25) is 0 Å². The molecule has 5 aliphatic carbocycles. The lowest BCUT2D eigenvalue weighted by Gasteiger charge is -2.33. The molecular formula is C61H45NS. The van der Waals surface area contributed by atoms with E-state index in [9.17, 15) is 0 Å². The third kappa shape index (κ3) is 4.38. The van der Waals surface area contributed by atoms with Gasteiger partial charge in [-0.05, 0) is 127 Å². The highest BCUT2D eigenvalue weighted by molar-refractivity contribution is 7.26. The number of hydrogen-bond donors (Lipinski definition) is 0. The Morgan fingerprint density at radius 1 is 0.460 bits per heavy atom. The summed E-state index contributed by atoms with van der Waals surface area (Å²) < 4.78 is 2.73. The Bertz CT molecular complexity index is 3590. The summed E-state index contributed by atoms with van der Waals surface area (Å²) in [7, 11) is 0. The Morgan fingerprint density at radius 3 is 1.84 bits per heavy atom.